The molecule has 98 valence electrons. The standard InChI is InChI=1S/C16H12N2OS/c19-15(11-10-12-6-2-1-3-7-12)18-16-17-13-8-4-5-9-14(13)20-16/h1-11H,(H,17,18,19)/b11-10-. The van der Waals surface area contributed by atoms with E-state index in [4.69, 9.17) is 0 Å². The molecule has 1 heterocycles. The Hall–Kier alpha value is -2.46. The zero-order valence-corrected chi connectivity index (χ0v) is 11.4. The molecule has 20 heavy (non-hydrogen) atoms. The summed E-state index contributed by atoms with van der Waals surface area (Å²) in [7, 11) is 0. The summed E-state index contributed by atoms with van der Waals surface area (Å²) in [5.41, 5.74) is 1.90. The molecule has 1 aromatic heterocycles. The summed E-state index contributed by atoms with van der Waals surface area (Å²) < 4.78 is 1.06. The van der Waals surface area contributed by atoms with Crippen molar-refractivity contribution in [1.82, 2.24) is 4.98 Å². The second-order valence-corrected chi connectivity index (χ2v) is 5.25. The molecule has 0 atom stereocenters. The lowest BCUT2D eigenvalue weighted by Gasteiger charge is -1.95. The van der Waals surface area contributed by atoms with E-state index in [-0.39, 0.29) is 5.91 Å². The minimum absolute atomic E-state index is 0.173. The highest BCUT2D eigenvalue weighted by Gasteiger charge is 2.04. The summed E-state index contributed by atoms with van der Waals surface area (Å²) in [4.78, 5) is 16.2. The van der Waals surface area contributed by atoms with E-state index in [0.717, 1.165) is 15.8 Å². The Balaban J connectivity index is 1.71. The van der Waals surface area contributed by atoms with Crippen LogP contribution in [0.2, 0.25) is 0 Å². The summed E-state index contributed by atoms with van der Waals surface area (Å²) in [5.74, 6) is -0.173. The molecule has 1 N–H and O–H groups in total. The maximum atomic E-state index is 11.8. The molecule has 3 nitrogen and oxygen atoms in total. The van der Waals surface area contributed by atoms with E-state index >= 15 is 0 Å². The number of hydrogen-bond donors (Lipinski definition) is 1. The van der Waals surface area contributed by atoms with Crippen LogP contribution in [-0.4, -0.2) is 10.9 Å². The lowest BCUT2D eigenvalue weighted by atomic mass is 10.2. The fraction of sp³-hybridized carbons (Fsp3) is 0. The molecule has 0 aliphatic carbocycles. The molecule has 3 aromatic rings. The van der Waals surface area contributed by atoms with Crippen molar-refractivity contribution in [3.63, 3.8) is 0 Å². The molecule has 0 unspecified atom stereocenters. The summed E-state index contributed by atoms with van der Waals surface area (Å²) in [6.07, 6.45) is 3.30. The minimum Gasteiger partial charge on any atom is -0.298 e. The van der Waals surface area contributed by atoms with E-state index in [9.17, 15) is 4.79 Å². The number of para-hydroxylation sites is 1. The highest BCUT2D eigenvalue weighted by Crippen LogP contribution is 2.25. The second-order valence-electron chi connectivity index (χ2n) is 4.22. The van der Waals surface area contributed by atoms with Crippen molar-refractivity contribution in [2.75, 3.05) is 5.32 Å². The molecular formula is C16H12N2OS. The van der Waals surface area contributed by atoms with Crippen LogP contribution in [0.1, 0.15) is 5.56 Å². The van der Waals surface area contributed by atoms with Crippen molar-refractivity contribution in [2.24, 2.45) is 0 Å². The lowest BCUT2D eigenvalue weighted by Crippen LogP contribution is -2.07. The molecule has 1 amide bonds. The maximum Gasteiger partial charge on any atom is 0.250 e. The molecule has 3 rings (SSSR count). The van der Waals surface area contributed by atoms with Gasteiger partial charge >= 0.3 is 0 Å². The van der Waals surface area contributed by atoms with Gasteiger partial charge in [-0.15, -0.1) is 0 Å². The van der Waals surface area contributed by atoms with Gasteiger partial charge in [-0.2, -0.15) is 0 Å². The number of aromatic nitrogens is 1. The van der Waals surface area contributed by atoms with Crippen molar-refractivity contribution in [2.45, 2.75) is 0 Å². The number of carbonyl (C=O) groups is 1. The van der Waals surface area contributed by atoms with Crippen LogP contribution < -0.4 is 5.32 Å². The van der Waals surface area contributed by atoms with Crippen molar-refractivity contribution in [3.8, 4) is 0 Å². The molecule has 0 saturated heterocycles. The van der Waals surface area contributed by atoms with E-state index in [0.29, 0.717) is 5.13 Å². The van der Waals surface area contributed by atoms with Crippen LogP contribution in [0.4, 0.5) is 5.13 Å². The summed E-state index contributed by atoms with van der Waals surface area (Å²) in [6.45, 7) is 0. The van der Waals surface area contributed by atoms with Crippen LogP contribution >= 0.6 is 11.3 Å². The first-order valence-electron chi connectivity index (χ1n) is 6.21. The molecule has 0 bridgehead atoms. The third-order valence-electron chi connectivity index (χ3n) is 2.75. The Morgan fingerprint density at radius 3 is 2.60 bits per heavy atom. The smallest absolute Gasteiger partial charge is 0.250 e. The van der Waals surface area contributed by atoms with Crippen molar-refractivity contribution in [3.05, 3.63) is 66.2 Å². The largest absolute Gasteiger partial charge is 0.298 e. The quantitative estimate of drug-likeness (QED) is 0.738. The van der Waals surface area contributed by atoms with Gasteiger partial charge in [0.2, 0.25) is 5.91 Å². The highest BCUT2D eigenvalue weighted by atomic mass is 32.1. The average Bonchev–Trinajstić information content (AvgIpc) is 2.88. The molecule has 0 aliphatic heterocycles. The van der Waals surface area contributed by atoms with Gasteiger partial charge in [0.1, 0.15) is 0 Å². The highest BCUT2D eigenvalue weighted by molar-refractivity contribution is 7.22. The summed E-state index contributed by atoms with van der Waals surface area (Å²) >= 11 is 1.47. The number of benzene rings is 2. The number of fused-ring (bicyclic) bond motifs is 1. The van der Waals surface area contributed by atoms with Gasteiger partial charge in [-0.05, 0) is 23.8 Å². The van der Waals surface area contributed by atoms with Gasteiger partial charge in [-0.25, -0.2) is 4.98 Å². The van der Waals surface area contributed by atoms with Crippen molar-refractivity contribution < 1.29 is 4.79 Å². The number of amides is 1. The summed E-state index contributed by atoms with van der Waals surface area (Å²) in [6, 6.07) is 17.5. The van der Waals surface area contributed by atoms with Gasteiger partial charge in [0.15, 0.2) is 5.13 Å². The molecule has 4 heteroatoms. The Morgan fingerprint density at radius 2 is 1.80 bits per heavy atom. The normalized spacial score (nSPS) is 11.0. The first-order valence-corrected chi connectivity index (χ1v) is 7.02. The van der Waals surface area contributed by atoms with Crippen LogP contribution in [0.3, 0.4) is 0 Å². The van der Waals surface area contributed by atoms with Crippen LogP contribution in [0.25, 0.3) is 16.3 Å². The van der Waals surface area contributed by atoms with Gasteiger partial charge in [-0.3, -0.25) is 10.1 Å². The van der Waals surface area contributed by atoms with Gasteiger partial charge in [0.05, 0.1) is 10.2 Å². The van der Waals surface area contributed by atoms with E-state index in [2.05, 4.69) is 10.3 Å². The predicted molar refractivity (Wildman–Crippen MR) is 83.7 cm³/mol. The Morgan fingerprint density at radius 1 is 1.05 bits per heavy atom. The van der Waals surface area contributed by atoms with Crippen molar-refractivity contribution in [1.29, 1.82) is 0 Å². The zero-order valence-electron chi connectivity index (χ0n) is 10.6. The fourth-order valence-corrected chi connectivity index (χ4v) is 2.68. The molecular weight excluding hydrogens is 268 g/mol. The van der Waals surface area contributed by atoms with E-state index < -0.39 is 0 Å². The van der Waals surface area contributed by atoms with Crippen LogP contribution in [0.5, 0.6) is 0 Å². The Labute approximate surface area is 120 Å². The third-order valence-corrected chi connectivity index (χ3v) is 3.70. The third kappa shape index (κ3) is 2.92. The average molecular weight is 280 g/mol. The fourth-order valence-electron chi connectivity index (χ4n) is 1.81. The van der Waals surface area contributed by atoms with E-state index in [1.165, 1.54) is 17.4 Å². The number of anilines is 1. The Bertz CT molecular complexity index is 729. The second kappa shape index (κ2) is 5.67. The van der Waals surface area contributed by atoms with E-state index in [1.54, 1.807) is 6.08 Å². The van der Waals surface area contributed by atoms with Crippen LogP contribution in [0, 0.1) is 0 Å². The number of hydrogen-bond acceptors (Lipinski definition) is 3. The molecule has 2 aromatic carbocycles. The number of carbonyl (C=O) groups excluding carboxylic acids is 1. The Kier molecular flexibility index (Phi) is 3.56. The SMILES string of the molecule is O=C(/C=C\c1ccccc1)Nc1nc2ccccc2s1. The predicted octanol–water partition coefficient (Wildman–Crippen LogP) is 3.95. The minimum atomic E-state index is -0.173. The molecule has 0 aliphatic rings. The first kappa shape index (κ1) is 12.6. The lowest BCUT2D eigenvalue weighted by molar-refractivity contribution is -0.111. The van der Waals surface area contributed by atoms with Gasteiger partial charge in [-0.1, -0.05) is 53.8 Å². The summed E-state index contributed by atoms with van der Waals surface area (Å²) in [5, 5.41) is 3.40. The maximum absolute atomic E-state index is 11.8. The van der Waals surface area contributed by atoms with Gasteiger partial charge < -0.3 is 0 Å². The zero-order chi connectivity index (χ0) is 13.8. The number of thiazole rings is 1. The van der Waals surface area contributed by atoms with Gasteiger partial charge in [0, 0.05) is 6.08 Å². The number of rotatable bonds is 3. The van der Waals surface area contributed by atoms with Gasteiger partial charge in [0.25, 0.3) is 0 Å². The van der Waals surface area contributed by atoms with Crippen molar-refractivity contribution >= 4 is 38.7 Å². The molecule has 0 saturated carbocycles. The topological polar surface area (TPSA) is 42.0 Å². The van der Waals surface area contributed by atoms with E-state index in [1.807, 2.05) is 54.6 Å². The molecule has 0 radical (unpaired) electrons. The van der Waals surface area contributed by atoms with Crippen LogP contribution in [0.15, 0.2) is 60.7 Å². The number of nitrogens with one attached hydrogen (secondary N) is 1. The molecule has 0 spiro atoms. The molecule has 0 fully saturated rings. The monoisotopic (exact) mass is 280 g/mol. The first-order chi connectivity index (χ1) is 9.81. The number of nitrogens with zero attached hydrogens (tertiary/aromatic N) is 1. The van der Waals surface area contributed by atoms with Crippen LogP contribution in [-0.2, 0) is 4.79 Å².